The van der Waals surface area contributed by atoms with Gasteiger partial charge in [-0.25, -0.2) is 4.98 Å². The first kappa shape index (κ1) is 14.8. The van der Waals surface area contributed by atoms with E-state index in [9.17, 15) is 5.11 Å². The summed E-state index contributed by atoms with van der Waals surface area (Å²) in [6, 6.07) is 10.3. The largest absolute Gasteiger partial charge is 0.395 e. The lowest BCUT2D eigenvalue weighted by molar-refractivity contribution is 0.239. The molecular weight excluding hydrogens is 250 g/mol. The fourth-order valence-electron chi connectivity index (χ4n) is 2.29. The van der Waals surface area contributed by atoms with E-state index in [0.29, 0.717) is 6.54 Å². The molecule has 1 aromatic carbocycles. The van der Waals surface area contributed by atoms with Crippen LogP contribution in [-0.4, -0.2) is 27.3 Å². The Morgan fingerprint density at radius 3 is 2.80 bits per heavy atom. The van der Waals surface area contributed by atoms with Gasteiger partial charge in [-0.1, -0.05) is 37.3 Å². The van der Waals surface area contributed by atoms with Gasteiger partial charge in [0, 0.05) is 25.0 Å². The molecule has 0 saturated carbocycles. The second kappa shape index (κ2) is 7.82. The molecule has 0 aliphatic rings. The second-order valence-corrected chi connectivity index (χ2v) is 4.99. The van der Waals surface area contributed by atoms with Crippen LogP contribution < -0.4 is 5.32 Å². The molecule has 0 bridgehead atoms. The van der Waals surface area contributed by atoms with Gasteiger partial charge < -0.3 is 15.0 Å². The van der Waals surface area contributed by atoms with Crippen molar-refractivity contribution in [3.8, 4) is 0 Å². The van der Waals surface area contributed by atoms with Crippen LogP contribution in [0.1, 0.15) is 24.7 Å². The van der Waals surface area contributed by atoms with Gasteiger partial charge in [0.2, 0.25) is 0 Å². The van der Waals surface area contributed by atoms with Crippen LogP contribution >= 0.6 is 0 Å². The molecular formula is C16H23N3O. The van der Waals surface area contributed by atoms with E-state index in [4.69, 9.17) is 0 Å². The molecule has 2 N–H and O–H groups in total. The summed E-state index contributed by atoms with van der Waals surface area (Å²) in [4.78, 5) is 4.37. The number of aryl methyl sites for hydroxylation is 1. The Labute approximate surface area is 120 Å². The Balaban J connectivity index is 1.89. The molecule has 108 valence electrons. The van der Waals surface area contributed by atoms with Gasteiger partial charge in [-0.05, 0) is 18.4 Å². The average molecular weight is 273 g/mol. The predicted molar refractivity (Wildman–Crippen MR) is 80.4 cm³/mol. The molecule has 2 rings (SSSR count). The number of nitrogens with one attached hydrogen (secondary N) is 1. The van der Waals surface area contributed by atoms with Crippen molar-refractivity contribution in [2.45, 2.75) is 38.9 Å². The fraction of sp³-hybridized carbons (Fsp3) is 0.438. The zero-order valence-corrected chi connectivity index (χ0v) is 12.0. The molecule has 0 fully saturated rings. The van der Waals surface area contributed by atoms with Crippen LogP contribution in [0.4, 0.5) is 0 Å². The molecule has 0 aliphatic carbocycles. The van der Waals surface area contributed by atoms with Crippen LogP contribution in [0.25, 0.3) is 0 Å². The first-order valence-corrected chi connectivity index (χ1v) is 7.21. The Hall–Kier alpha value is -1.65. The first-order chi connectivity index (χ1) is 9.83. The summed E-state index contributed by atoms with van der Waals surface area (Å²) >= 11 is 0. The molecule has 20 heavy (non-hydrogen) atoms. The van der Waals surface area contributed by atoms with Gasteiger partial charge in [0.15, 0.2) is 0 Å². The molecule has 0 amide bonds. The molecule has 1 atom stereocenters. The third-order valence-electron chi connectivity index (χ3n) is 3.36. The van der Waals surface area contributed by atoms with Gasteiger partial charge >= 0.3 is 0 Å². The van der Waals surface area contributed by atoms with E-state index in [0.717, 1.165) is 25.2 Å². The van der Waals surface area contributed by atoms with E-state index in [1.54, 1.807) is 0 Å². The maximum Gasteiger partial charge on any atom is 0.122 e. The zero-order valence-electron chi connectivity index (χ0n) is 12.0. The van der Waals surface area contributed by atoms with Crippen LogP contribution in [0.5, 0.6) is 0 Å². The molecule has 2 aromatic rings. The number of rotatable bonds is 8. The van der Waals surface area contributed by atoms with Crippen molar-refractivity contribution in [2.75, 3.05) is 6.61 Å². The number of benzene rings is 1. The monoisotopic (exact) mass is 273 g/mol. The number of imidazole rings is 1. The van der Waals surface area contributed by atoms with E-state index in [1.165, 1.54) is 5.56 Å². The van der Waals surface area contributed by atoms with Gasteiger partial charge in [0.25, 0.3) is 0 Å². The lowest BCUT2D eigenvalue weighted by atomic mass is 10.1. The molecule has 0 radical (unpaired) electrons. The number of aromatic nitrogens is 2. The fourth-order valence-corrected chi connectivity index (χ4v) is 2.29. The summed E-state index contributed by atoms with van der Waals surface area (Å²) in [5, 5.41) is 12.9. The minimum Gasteiger partial charge on any atom is -0.395 e. The Bertz CT molecular complexity index is 495. The highest BCUT2D eigenvalue weighted by Crippen LogP contribution is 2.05. The molecule has 0 saturated heterocycles. The van der Waals surface area contributed by atoms with Gasteiger partial charge in [0.05, 0.1) is 13.2 Å². The summed E-state index contributed by atoms with van der Waals surface area (Å²) in [7, 11) is 0. The summed E-state index contributed by atoms with van der Waals surface area (Å²) in [5.74, 6) is 1.03. The van der Waals surface area contributed by atoms with Crippen molar-refractivity contribution in [3.63, 3.8) is 0 Å². The molecule has 4 nitrogen and oxygen atoms in total. The third kappa shape index (κ3) is 4.18. The zero-order chi connectivity index (χ0) is 14.2. The van der Waals surface area contributed by atoms with Crippen LogP contribution in [0, 0.1) is 0 Å². The highest BCUT2D eigenvalue weighted by Gasteiger charge is 2.09. The Morgan fingerprint density at radius 1 is 1.30 bits per heavy atom. The number of hydrogen-bond acceptors (Lipinski definition) is 3. The van der Waals surface area contributed by atoms with Crippen LogP contribution in [-0.2, 0) is 19.5 Å². The average Bonchev–Trinajstić information content (AvgIpc) is 2.92. The van der Waals surface area contributed by atoms with Crippen molar-refractivity contribution in [3.05, 3.63) is 54.1 Å². The molecule has 1 aromatic heterocycles. The second-order valence-electron chi connectivity index (χ2n) is 4.99. The standard InChI is InChI=1S/C16H23N3O/c1-2-9-19-10-8-17-16(19)12-18-15(13-20)11-14-6-4-3-5-7-14/h3-8,10,15,18,20H,2,9,11-13H2,1H3. The van der Waals surface area contributed by atoms with E-state index < -0.39 is 0 Å². The highest BCUT2D eigenvalue weighted by molar-refractivity contribution is 5.15. The third-order valence-corrected chi connectivity index (χ3v) is 3.36. The van der Waals surface area contributed by atoms with Gasteiger partial charge in [-0.3, -0.25) is 0 Å². The summed E-state index contributed by atoms with van der Waals surface area (Å²) in [5.41, 5.74) is 1.23. The maximum absolute atomic E-state index is 9.50. The topological polar surface area (TPSA) is 50.1 Å². The molecule has 1 unspecified atom stereocenters. The Kier molecular flexibility index (Phi) is 5.77. The van der Waals surface area contributed by atoms with Gasteiger partial charge in [-0.2, -0.15) is 0 Å². The van der Waals surface area contributed by atoms with Crippen LogP contribution in [0.2, 0.25) is 0 Å². The minimum absolute atomic E-state index is 0.0594. The quantitative estimate of drug-likeness (QED) is 0.773. The summed E-state index contributed by atoms with van der Waals surface area (Å²) in [6.45, 7) is 3.96. The lowest BCUT2D eigenvalue weighted by Gasteiger charge is -2.16. The van der Waals surface area contributed by atoms with Crippen molar-refractivity contribution >= 4 is 0 Å². The number of nitrogens with zero attached hydrogens (tertiary/aromatic N) is 2. The molecule has 0 aliphatic heterocycles. The van der Waals surface area contributed by atoms with Crippen molar-refractivity contribution in [1.29, 1.82) is 0 Å². The highest BCUT2D eigenvalue weighted by atomic mass is 16.3. The maximum atomic E-state index is 9.50. The van der Waals surface area contributed by atoms with Gasteiger partial charge in [0.1, 0.15) is 5.82 Å². The van der Waals surface area contributed by atoms with Crippen LogP contribution in [0.15, 0.2) is 42.7 Å². The smallest absolute Gasteiger partial charge is 0.122 e. The molecule has 0 spiro atoms. The normalized spacial score (nSPS) is 12.5. The van der Waals surface area contributed by atoms with Crippen LogP contribution in [0.3, 0.4) is 0 Å². The van der Waals surface area contributed by atoms with E-state index in [1.807, 2.05) is 30.6 Å². The van der Waals surface area contributed by atoms with Crippen molar-refractivity contribution in [1.82, 2.24) is 14.9 Å². The van der Waals surface area contributed by atoms with E-state index in [2.05, 4.69) is 33.9 Å². The number of aliphatic hydroxyl groups excluding tert-OH is 1. The Morgan fingerprint density at radius 2 is 2.10 bits per heavy atom. The lowest BCUT2D eigenvalue weighted by Crippen LogP contribution is -2.34. The van der Waals surface area contributed by atoms with E-state index >= 15 is 0 Å². The molecule has 1 heterocycles. The predicted octanol–water partition coefficient (Wildman–Crippen LogP) is 1.99. The van der Waals surface area contributed by atoms with E-state index in [-0.39, 0.29) is 12.6 Å². The number of aliphatic hydroxyl groups is 1. The summed E-state index contributed by atoms with van der Waals surface area (Å²) in [6.07, 6.45) is 5.76. The minimum atomic E-state index is 0.0594. The van der Waals surface area contributed by atoms with Crippen molar-refractivity contribution in [2.24, 2.45) is 0 Å². The molecule has 4 heteroatoms. The van der Waals surface area contributed by atoms with Crippen molar-refractivity contribution < 1.29 is 5.11 Å². The summed E-state index contributed by atoms with van der Waals surface area (Å²) < 4.78 is 2.16. The number of hydrogen-bond donors (Lipinski definition) is 2. The first-order valence-electron chi connectivity index (χ1n) is 7.21. The van der Waals surface area contributed by atoms with Gasteiger partial charge in [-0.15, -0.1) is 0 Å². The SMILES string of the molecule is CCCn1ccnc1CNC(CO)Cc1ccccc1.